The zero-order chi connectivity index (χ0) is 18.2. The first-order chi connectivity index (χ1) is 11.8. The van der Waals surface area contributed by atoms with Gasteiger partial charge < -0.3 is 15.2 Å². The number of aromatic nitrogens is 1. The molecule has 2 aromatic rings. The van der Waals surface area contributed by atoms with E-state index in [4.69, 9.17) is 0 Å². The van der Waals surface area contributed by atoms with Crippen LogP contribution in [-0.4, -0.2) is 40.3 Å². The first kappa shape index (κ1) is 17.5. The highest BCUT2D eigenvalue weighted by Gasteiger charge is 2.39. The summed E-state index contributed by atoms with van der Waals surface area (Å²) in [6.45, 7) is 9.19. The smallest absolute Gasteiger partial charge is 0.225 e. The molecule has 2 amide bonds. The normalized spacial score (nSPS) is 18.2. The highest BCUT2D eigenvalue weighted by molar-refractivity contribution is 5.89. The number of carbonyl (C=O) groups excluding carboxylic acids is 2. The molecule has 1 aromatic heterocycles. The van der Waals surface area contributed by atoms with Gasteiger partial charge in [-0.3, -0.25) is 9.59 Å². The lowest BCUT2D eigenvalue weighted by atomic mass is 10.1. The van der Waals surface area contributed by atoms with E-state index < -0.39 is 0 Å². The van der Waals surface area contributed by atoms with Gasteiger partial charge in [0.15, 0.2) is 0 Å². The van der Waals surface area contributed by atoms with E-state index in [1.807, 2.05) is 27.0 Å². The van der Waals surface area contributed by atoms with E-state index in [9.17, 15) is 9.59 Å². The standard InChI is InChI=1S/C20H27N3O2/c1-13-5-6-17-16(9-13)14(11-22-17)7-8-21-19(25)15-10-18(24)23(12-15)20(2,3)4/h5-6,9,11,15,22H,7-8,10,12H2,1-4H3,(H,21,25). The molecule has 1 aliphatic rings. The van der Waals surface area contributed by atoms with Crippen molar-refractivity contribution in [3.8, 4) is 0 Å². The SMILES string of the molecule is Cc1ccc2[nH]cc(CCNC(=O)C3CC(=O)N(C(C)(C)C)C3)c2c1. The summed E-state index contributed by atoms with van der Waals surface area (Å²) in [6.07, 6.45) is 3.10. The van der Waals surface area contributed by atoms with E-state index >= 15 is 0 Å². The van der Waals surface area contributed by atoms with Gasteiger partial charge in [0.25, 0.3) is 0 Å². The first-order valence-electron chi connectivity index (χ1n) is 8.90. The number of amides is 2. The van der Waals surface area contributed by atoms with Crippen LogP contribution >= 0.6 is 0 Å². The van der Waals surface area contributed by atoms with Crippen LogP contribution in [-0.2, 0) is 16.0 Å². The number of hydrogen-bond donors (Lipinski definition) is 2. The molecular weight excluding hydrogens is 314 g/mol. The Bertz CT molecular complexity index is 801. The minimum Gasteiger partial charge on any atom is -0.361 e. The van der Waals surface area contributed by atoms with E-state index in [0.717, 1.165) is 11.9 Å². The third-order valence-corrected chi connectivity index (χ3v) is 4.92. The highest BCUT2D eigenvalue weighted by Crippen LogP contribution is 2.26. The molecule has 25 heavy (non-hydrogen) atoms. The zero-order valence-corrected chi connectivity index (χ0v) is 15.5. The Balaban J connectivity index is 1.56. The number of aromatic amines is 1. The molecule has 2 N–H and O–H groups in total. The van der Waals surface area contributed by atoms with Crippen molar-refractivity contribution in [1.29, 1.82) is 0 Å². The van der Waals surface area contributed by atoms with Crippen LogP contribution in [0.1, 0.15) is 38.3 Å². The van der Waals surface area contributed by atoms with Crippen LogP contribution in [0.25, 0.3) is 10.9 Å². The van der Waals surface area contributed by atoms with Crippen LogP contribution < -0.4 is 5.32 Å². The number of likely N-dealkylation sites (tertiary alicyclic amines) is 1. The molecule has 1 aliphatic heterocycles. The molecule has 3 rings (SSSR count). The van der Waals surface area contributed by atoms with E-state index in [1.165, 1.54) is 16.5 Å². The van der Waals surface area contributed by atoms with Crippen LogP contribution in [0.15, 0.2) is 24.4 Å². The average molecular weight is 341 g/mol. The fourth-order valence-electron chi connectivity index (χ4n) is 3.50. The van der Waals surface area contributed by atoms with Gasteiger partial charge in [0, 0.05) is 42.1 Å². The van der Waals surface area contributed by atoms with Gasteiger partial charge in [0.2, 0.25) is 11.8 Å². The average Bonchev–Trinajstić information content (AvgIpc) is 3.10. The summed E-state index contributed by atoms with van der Waals surface area (Å²) in [4.78, 5) is 29.6. The van der Waals surface area contributed by atoms with E-state index in [1.54, 1.807) is 4.90 Å². The minimum absolute atomic E-state index is 0.0175. The Kier molecular flexibility index (Phi) is 4.58. The maximum atomic E-state index is 12.4. The van der Waals surface area contributed by atoms with Gasteiger partial charge in [-0.25, -0.2) is 0 Å². The van der Waals surface area contributed by atoms with Gasteiger partial charge in [-0.15, -0.1) is 0 Å². The Morgan fingerprint density at radius 2 is 2.12 bits per heavy atom. The summed E-state index contributed by atoms with van der Waals surface area (Å²) in [5, 5.41) is 4.22. The maximum absolute atomic E-state index is 12.4. The van der Waals surface area contributed by atoms with Gasteiger partial charge in [-0.05, 0) is 51.8 Å². The lowest BCUT2D eigenvalue weighted by Gasteiger charge is -2.31. The van der Waals surface area contributed by atoms with Gasteiger partial charge in [-0.1, -0.05) is 11.6 Å². The van der Waals surface area contributed by atoms with Gasteiger partial charge >= 0.3 is 0 Å². The van der Waals surface area contributed by atoms with Crippen LogP contribution in [0.2, 0.25) is 0 Å². The highest BCUT2D eigenvalue weighted by atomic mass is 16.2. The molecule has 0 radical (unpaired) electrons. The van der Waals surface area contributed by atoms with Crippen LogP contribution in [0.5, 0.6) is 0 Å². The van der Waals surface area contributed by atoms with Crippen molar-refractivity contribution in [3.05, 3.63) is 35.5 Å². The molecule has 1 fully saturated rings. The number of hydrogen-bond acceptors (Lipinski definition) is 2. The molecule has 0 spiro atoms. The minimum atomic E-state index is -0.239. The Hall–Kier alpha value is -2.30. The molecule has 1 atom stereocenters. The molecule has 0 aliphatic carbocycles. The van der Waals surface area contributed by atoms with E-state index in [0.29, 0.717) is 19.5 Å². The molecule has 0 saturated carbocycles. The number of nitrogens with one attached hydrogen (secondary N) is 2. The summed E-state index contributed by atoms with van der Waals surface area (Å²) < 4.78 is 0. The van der Waals surface area contributed by atoms with Crippen molar-refractivity contribution >= 4 is 22.7 Å². The summed E-state index contributed by atoms with van der Waals surface area (Å²) in [5.41, 5.74) is 3.32. The number of carbonyl (C=O) groups is 2. The largest absolute Gasteiger partial charge is 0.361 e. The van der Waals surface area contributed by atoms with Crippen molar-refractivity contribution in [2.24, 2.45) is 5.92 Å². The summed E-state index contributed by atoms with van der Waals surface area (Å²) in [7, 11) is 0. The quantitative estimate of drug-likeness (QED) is 0.898. The predicted molar refractivity (Wildman–Crippen MR) is 99.3 cm³/mol. The van der Waals surface area contributed by atoms with Crippen molar-refractivity contribution in [1.82, 2.24) is 15.2 Å². The topological polar surface area (TPSA) is 65.2 Å². The lowest BCUT2D eigenvalue weighted by Crippen LogP contribution is -2.43. The van der Waals surface area contributed by atoms with Crippen LogP contribution in [0, 0.1) is 12.8 Å². The molecular formula is C20H27N3O2. The van der Waals surface area contributed by atoms with Crippen molar-refractivity contribution in [2.45, 2.75) is 46.1 Å². The molecule has 1 saturated heterocycles. The van der Waals surface area contributed by atoms with Crippen LogP contribution in [0.4, 0.5) is 0 Å². The molecule has 1 aromatic carbocycles. The number of nitrogens with zero attached hydrogens (tertiary/aromatic N) is 1. The van der Waals surface area contributed by atoms with E-state index in [-0.39, 0.29) is 23.3 Å². The fraction of sp³-hybridized carbons (Fsp3) is 0.500. The monoisotopic (exact) mass is 341 g/mol. The molecule has 5 nitrogen and oxygen atoms in total. The summed E-state index contributed by atoms with van der Waals surface area (Å²) in [5.74, 6) is -0.187. The summed E-state index contributed by atoms with van der Waals surface area (Å²) >= 11 is 0. The number of fused-ring (bicyclic) bond motifs is 1. The van der Waals surface area contributed by atoms with Gasteiger partial charge in [0.05, 0.1) is 5.92 Å². The fourth-order valence-corrected chi connectivity index (χ4v) is 3.50. The second-order valence-corrected chi connectivity index (χ2v) is 7.98. The van der Waals surface area contributed by atoms with Gasteiger partial charge in [-0.2, -0.15) is 0 Å². The zero-order valence-electron chi connectivity index (χ0n) is 15.5. The Labute approximate surface area is 148 Å². The second-order valence-electron chi connectivity index (χ2n) is 7.98. The van der Waals surface area contributed by atoms with Crippen molar-refractivity contribution in [3.63, 3.8) is 0 Å². The number of H-pyrrole nitrogens is 1. The number of rotatable bonds is 4. The van der Waals surface area contributed by atoms with Crippen molar-refractivity contribution in [2.75, 3.05) is 13.1 Å². The molecule has 0 bridgehead atoms. The Morgan fingerprint density at radius 1 is 1.36 bits per heavy atom. The lowest BCUT2D eigenvalue weighted by molar-refractivity contribution is -0.132. The maximum Gasteiger partial charge on any atom is 0.225 e. The number of benzene rings is 1. The van der Waals surface area contributed by atoms with E-state index in [2.05, 4.69) is 35.4 Å². The van der Waals surface area contributed by atoms with Crippen LogP contribution in [0.3, 0.4) is 0 Å². The number of aryl methyl sites for hydroxylation is 1. The second kappa shape index (κ2) is 6.54. The molecule has 1 unspecified atom stereocenters. The summed E-state index contributed by atoms with van der Waals surface area (Å²) in [6, 6.07) is 6.33. The Morgan fingerprint density at radius 3 is 2.80 bits per heavy atom. The molecule has 134 valence electrons. The third-order valence-electron chi connectivity index (χ3n) is 4.92. The third kappa shape index (κ3) is 3.70. The molecule has 5 heteroatoms. The predicted octanol–water partition coefficient (Wildman–Crippen LogP) is 2.78. The molecule has 2 heterocycles. The van der Waals surface area contributed by atoms with Crippen molar-refractivity contribution < 1.29 is 9.59 Å². The van der Waals surface area contributed by atoms with Gasteiger partial charge in [0.1, 0.15) is 0 Å². The first-order valence-corrected chi connectivity index (χ1v) is 8.90.